The molecule has 0 bridgehead atoms. The van der Waals surface area contributed by atoms with E-state index in [0.29, 0.717) is 0 Å². The molecule has 0 aliphatic heterocycles. The van der Waals surface area contributed by atoms with Crippen molar-refractivity contribution >= 4 is 0 Å². The van der Waals surface area contributed by atoms with Crippen LogP contribution in [-0.2, 0) is 0 Å². The molecule has 0 rings (SSSR count). The van der Waals surface area contributed by atoms with E-state index in [9.17, 15) is 0 Å². The molecule has 1 heteroatoms. The normalized spacial score (nSPS) is 5.38. The van der Waals surface area contributed by atoms with Crippen LogP contribution in [-0.4, -0.2) is 19.0 Å². The van der Waals surface area contributed by atoms with Crippen LogP contribution in [0.4, 0.5) is 0 Å². The van der Waals surface area contributed by atoms with Crippen molar-refractivity contribution in [3.8, 4) is 23.8 Å². The Morgan fingerprint density at radius 1 is 1.12 bits per heavy atom. The van der Waals surface area contributed by atoms with Gasteiger partial charge >= 0.3 is 0 Å². The van der Waals surface area contributed by atoms with E-state index in [-0.39, 0.29) is 0 Å². The van der Waals surface area contributed by atoms with Gasteiger partial charge in [-0.2, -0.15) is 0 Å². The summed E-state index contributed by atoms with van der Waals surface area (Å²) in [5.74, 6) is 7.95. The first-order chi connectivity index (χ1) is 3.77. The lowest BCUT2D eigenvalue weighted by Gasteiger charge is -1.94. The molecule has 0 aliphatic rings. The second-order valence-electron chi connectivity index (χ2n) is 1.51. The van der Waals surface area contributed by atoms with E-state index in [0.717, 1.165) is 0 Å². The highest BCUT2D eigenvalue weighted by Crippen LogP contribution is 1.62. The molecule has 0 unspecified atom stereocenters. The first-order valence-corrected chi connectivity index (χ1v) is 2.37. The topological polar surface area (TPSA) is 3.24 Å². The Labute approximate surface area is 50.7 Å². The lowest BCUT2D eigenvalue weighted by Crippen LogP contribution is -2.00. The molecule has 0 N–H and O–H groups in total. The minimum Gasteiger partial charge on any atom is -0.338 e. The summed E-state index contributed by atoms with van der Waals surface area (Å²) in [7, 11) is 3.76. The van der Waals surface area contributed by atoms with Crippen LogP contribution >= 0.6 is 0 Å². The van der Waals surface area contributed by atoms with Crippen molar-refractivity contribution in [3.05, 3.63) is 0 Å². The lowest BCUT2D eigenvalue weighted by molar-refractivity contribution is 0.598. The van der Waals surface area contributed by atoms with Gasteiger partial charge in [0.1, 0.15) is 0 Å². The first kappa shape index (κ1) is 6.92. The number of nitrogens with zero attached hydrogens (tertiary/aromatic N) is 1. The highest BCUT2D eigenvalue weighted by molar-refractivity contribution is 5.23. The summed E-state index contributed by atoms with van der Waals surface area (Å²) in [5.41, 5.74) is 0. The maximum atomic E-state index is 2.76. The van der Waals surface area contributed by atoms with Crippen molar-refractivity contribution in [2.24, 2.45) is 0 Å². The average molecular weight is 107 g/mol. The van der Waals surface area contributed by atoms with Crippen LogP contribution in [0.1, 0.15) is 6.92 Å². The summed E-state index contributed by atoms with van der Waals surface area (Å²) in [4.78, 5) is 1.77. The SMILES string of the molecule is CC#CC#CN(C)C. The molecule has 0 aromatic heterocycles. The van der Waals surface area contributed by atoms with Gasteiger partial charge in [-0.25, -0.2) is 0 Å². The predicted molar refractivity (Wildman–Crippen MR) is 34.9 cm³/mol. The van der Waals surface area contributed by atoms with Gasteiger partial charge < -0.3 is 4.90 Å². The molecule has 0 aliphatic carbocycles. The standard InChI is InChI=1S/C7H9N/c1-4-5-6-7-8(2)3/h1-3H3. The van der Waals surface area contributed by atoms with Crippen molar-refractivity contribution in [2.45, 2.75) is 6.92 Å². The molecule has 8 heavy (non-hydrogen) atoms. The molecule has 1 nitrogen and oxygen atoms in total. The Kier molecular flexibility index (Phi) is 3.54. The third-order valence-electron chi connectivity index (χ3n) is 0.467. The molecule has 0 radical (unpaired) electrons. The van der Waals surface area contributed by atoms with E-state index < -0.39 is 0 Å². The van der Waals surface area contributed by atoms with Gasteiger partial charge in [0.05, 0.1) is 0 Å². The van der Waals surface area contributed by atoms with Gasteiger partial charge in [-0.05, 0) is 12.8 Å². The molecule has 0 saturated carbocycles. The molecule has 0 aromatic rings. The molecule has 0 spiro atoms. The maximum absolute atomic E-state index is 2.76. The fourth-order valence-electron chi connectivity index (χ4n) is 0.202. The zero-order chi connectivity index (χ0) is 6.41. The maximum Gasteiger partial charge on any atom is 0.0210 e. The van der Waals surface area contributed by atoms with Gasteiger partial charge in [0.2, 0.25) is 0 Å². The fraction of sp³-hybridized carbons (Fsp3) is 0.429. The van der Waals surface area contributed by atoms with Crippen molar-refractivity contribution in [1.82, 2.24) is 4.90 Å². The van der Waals surface area contributed by atoms with Crippen LogP contribution in [0.3, 0.4) is 0 Å². The summed E-state index contributed by atoms with van der Waals surface area (Å²) in [6.07, 6.45) is 0. The van der Waals surface area contributed by atoms with Crippen LogP contribution in [0.25, 0.3) is 0 Å². The van der Waals surface area contributed by atoms with Gasteiger partial charge in [-0.3, -0.25) is 0 Å². The molecule has 0 atom stereocenters. The Morgan fingerprint density at radius 3 is 2.12 bits per heavy atom. The van der Waals surface area contributed by atoms with E-state index >= 15 is 0 Å². The van der Waals surface area contributed by atoms with Crippen molar-refractivity contribution in [3.63, 3.8) is 0 Å². The number of hydrogen-bond acceptors (Lipinski definition) is 1. The van der Waals surface area contributed by atoms with Crippen LogP contribution in [0.5, 0.6) is 0 Å². The van der Waals surface area contributed by atoms with Gasteiger partial charge in [0.15, 0.2) is 0 Å². The first-order valence-electron chi connectivity index (χ1n) is 2.37. The zero-order valence-corrected chi connectivity index (χ0v) is 5.45. The summed E-state index contributed by atoms with van der Waals surface area (Å²) in [5, 5.41) is 0. The summed E-state index contributed by atoms with van der Waals surface area (Å²) >= 11 is 0. The molecular formula is C7H9N. The summed E-state index contributed by atoms with van der Waals surface area (Å²) in [6, 6.07) is 2.76. The van der Waals surface area contributed by atoms with E-state index in [1.165, 1.54) is 0 Å². The molecule has 0 aromatic carbocycles. The van der Waals surface area contributed by atoms with E-state index in [2.05, 4.69) is 23.8 Å². The average Bonchev–Trinajstić information content (AvgIpc) is 1.66. The number of rotatable bonds is 0. The van der Waals surface area contributed by atoms with Crippen molar-refractivity contribution in [1.29, 1.82) is 0 Å². The molecule has 42 valence electrons. The summed E-state index contributed by atoms with van der Waals surface area (Å²) < 4.78 is 0. The van der Waals surface area contributed by atoms with Gasteiger partial charge in [-0.15, -0.1) is 0 Å². The molecule has 0 fully saturated rings. The van der Waals surface area contributed by atoms with Gasteiger partial charge in [-0.1, -0.05) is 5.92 Å². The second kappa shape index (κ2) is 4.09. The van der Waals surface area contributed by atoms with Crippen molar-refractivity contribution in [2.75, 3.05) is 14.1 Å². The second-order valence-corrected chi connectivity index (χ2v) is 1.51. The van der Waals surface area contributed by atoms with E-state index in [1.54, 1.807) is 11.8 Å². The third-order valence-corrected chi connectivity index (χ3v) is 0.467. The monoisotopic (exact) mass is 107 g/mol. The van der Waals surface area contributed by atoms with Crippen LogP contribution < -0.4 is 0 Å². The van der Waals surface area contributed by atoms with Gasteiger partial charge in [0, 0.05) is 26.1 Å². The smallest absolute Gasteiger partial charge is 0.0210 e. The predicted octanol–water partition coefficient (Wildman–Crippen LogP) is 0.532. The Hall–Kier alpha value is -1.08. The highest BCUT2D eigenvalue weighted by Gasteiger charge is 1.66. The minimum absolute atomic E-state index is 1.77. The minimum atomic E-state index is 1.77. The zero-order valence-electron chi connectivity index (χ0n) is 5.45. The van der Waals surface area contributed by atoms with E-state index in [1.807, 2.05) is 14.1 Å². The Balaban J connectivity index is 3.62. The Morgan fingerprint density at radius 2 is 1.75 bits per heavy atom. The van der Waals surface area contributed by atoms with Crippen LogP contribution in [0.2, 0.25) is 0 Å². The molecule has 0 heterocycles. The van der Waals surface area contributed by atoms with Crippen LogP contribution in [0.15, 0.2) is 0 Å². The third kappa shape index (κ3) is 4.92. The van der Waals surface area contributed by atoms with Gasteiger partial charge in [0.25, 0.3) is 0 Å². The molecule has 0 amide bonds. The van der Waals surface area contributed by atoms with Crippen LogP contribution in [0, 0.1) is 23.8 Å². The number of hydrogen-bond donors (Lipinski definition) is 0. The molecular weight excluding hydrogens is 98.1 g/mol. The van der Waals surface area contributed by atoms with E-state index in [4.69, 9.17) is 0 Å². The molecule has 0 saturated heterocycles. The lowest BCUT2D eigenvalue weighted by atomic mass is 10.6. The van der Waals surface area contributed by atoms with Crippen molar-refractivity contribution < 1.29 is 0 Å². The quantitative estimate of drug-likeness (QED) is 0.322. The highest BCUT2D eigenvalue weighted by atomic mass is 15.0. The Bertz CT molecular complexity index is 158. The fourth-order valence-corrected chi connectivity index (χ4v) is 0.202. The summed E-state index contributed by atoms with van der Waals surface area (Å²) in [6.45, 7) is 1.77. The largest absolute Gasteiger partial charge is 0.338 e.